The Hall–Kier alpha value is -5.36. The SMILES string of the molecule is Cc1c(-c2cc3cc4c(c(C#N)c3o2)CC[C@H]4N2CC[C@@H](C(=O)NS(=O)(=O)C3(C)CC3)C2)cccc1-c1cccc(Nc2nccc3cc(CN4CC[C@@H](O)C4)cnc23)c1Cl. The minimum atomic E-state index is -3.70. The highest BCUT2D eigenvalue weighted by Gasteiger charge is 2.51. The number of nitrogens with zero attached hydrogens (tertiary/aromatic N) is 5. The Morgan fingerprint density at radius 2 is 1.82 bits per heavy atom. The number of anilines is 2. The predicted molar refractivity (Wildman–Crippen MR) is 236 cm³/mol. The summed E-state index contributed by atoms with van der Waals surface area (Å²) >= 11 is 7.20. The number of nitrogens with one attached hydrogen (secondary N) is 2. The molecular formula is C47H46ClN7O5S. The lowest BCUT2D eigenvalue weighted by atomic mass is 9.94. The molecule has 3 aromatic heterocycles. The average molecular weight is 856 g/mol. The van der Waals surface area contributed by atoms with Gasteiger partial charge in [0.25, 0.3) is 0 Å². The van der Waals surface area contributed by atoms with E-state index in [2.05, 4.69) is 43.0 Å². The Labute approximate surface area is 359 Å². The Kier molecular flexibility index (Phi) is 9.92. The van der Waals surface area contributed by atoms with Gasteiger partial charge in [0.05, 0.1) is 33.0 Å². The lowest BCUT2D eigenvalue weighted by molar-refractivity contribution is -0.122. The molecule has 3 fully saturated rings. The molecule has 1 amide bonds. The molecule has 0 bridgehead atoms. The molecule has 0 unspecified atom stereocenters. The van der Waals surface area contributed by atoms with Crippen molar-refractivity contribution in [3.63, 3.8) is 0 Å². The zero-order chi connectivity index (χ0) is 42.2. The van der Waals surface area contributed by atoms with E-state index in [-0.39, 0.29) is 12.1 Å². The molecule has 4 aliphatic rings. The van der Waals surface area contributed by atoms with Crippen molar-refractivity contribution in [2.24, 2.45) is 5.92 Å². The van der Waals surface area contributed by atoms with Gasteiger partial charge >= 0.3 is 0 Å². The quantitative estimate of drug-likeness (QED) is 0.122. The van der Waals surface area contributed by atoms with Crippen LogP contribution < -0.4 is 10.0 Å². The van der Waals surface area contributed by atoms with Crippen LogP contribution in [0.2, 0.25) is 5.02 Å². The summed E-state index contributed by atoms with van der Waals surface area (Å²) in [6, 6.07) is 22.6. The molecule has 2 aliphatic carbocycles. The van der Waals surface area contributed by atoms with Crippen LogP contribution in [0.25, 0.3) is 44.3 Å². The van der Waals surface area contributed by atoms with E-state index in [1.54, 1.807) is 13.1 Å². The number of aromatic nitrogens is 2. The van der Waals surface area contributed by atoms with Gasteiger partial charge in [-0.05, 0) is 117 Å². The van der Waals surface area contributed by atoms with E-state index < -0.39 is 26.6 Å². The van der Waals surface area contributed by atoms with Gasteiger partial charge in [0.1, 0.15) is 17.3 Å². The topological polar surface area (TPSA) is 165 Å². The minimum absolute atomic E-state index is 0.0150. The van der Waals surface area contributed by atoms with Crippen molar-refractivity contribution in [2.45, 2.75) is 75.8 Å². The molecule has 12 nitrogen and oxygen atoms in total. The van der Waals surface area contributed by atoms with Crippen molar-refractivity contribution in [1.29, 1.82) is 5.26 Å². The molecule has 3 atom stereocenters. The number of amides is 1. The van der Waals surface area contributed by atoms with Gasteiger partial charge in [-0.25, -0.2) is 13.4 Å². The summed E-state index contributed by atoms with van der Waals surface area (Å²) in [7, 11) is -3.70. The maximum atomic E-state index is 13.1. The summed E-state index contributed by atoms with van der Waals surface area (Å²) in [5, 5.41) is 26.2. The summed E-state index contributed by atoms with van der Waals surface area (Å²) in [4.78, 5) is 27.0. The Bertz CT molecular complexity index is 2920. The molecule has 1 saturated carbocycles. The lowest BCUT2D eigenvalue weighted by Gasteiger charge is -2.25. The van der Waals surface area contributed by atoms with Crippen LogP contribution >= 0.6 is 11.6 Å². The van der Waals surface area contributed by atoms with Crippen molar-refractivity contribution in [2.75, 3.05) is 31.5 Å². The zero-order valence-electron chi connectivity index (χ0n) is 34.0. The van der Waals surface area contributed by atoms with E-state index in [1.165, 1.54) is 0 Å². The molecule has 0 radical (unpaired) electrons. The number of aliphatic hydroxyl groups excluding tert-OH is 1. The number of benzene rings is 3. The molecule has 5 heterocycles. The maximum absolute atomic E-state index is 13.1. The van der Waals surface area contributed by atoms with Crippen LogP contribution in [0.1, 0.15) is 72.9 Å². The summed E-state index contributed by atoms with van der Waals surface area (Å²) in [6.45, 7) is 7.13. The molecule has 2 aliphatic heterocycles. The fourth-order valence-electron chi connectivity index (χ4n) is 9.60. The molecule has 2 saturated heterocycles. The lowest BCUT2D eigenvalue weighted by Crippen LogP contribution is -2.42. The van der Waals surface area contributed by atoms with Crippen LogP contribution in [-0.2, 0) is 27.8 Å². The third-order valence-corrected chi connectivity index (χ3v) is 16.0. The fourth-order valence-corrected chi connectivity index (χ4v) is 11.2. The van der Waals surface area contributed by atoms with Gasteiger partial charge in [-0.3, -0.25) is 24.3 Å². The first-order valence-corrected chi connectivity index (χ1v) is 22.9. The van der Waals surface area contributed by atoms with E-state index in [9.17, 15) is 23.6 Å². The number of furan rings is 1. The third-order valence-electron chi connectivity index (χ3n) is 13.4. The predicted octanol–water partition coefficient (Wildman–Crippen LogP) is 8.16. The molecule has 3 N–H and O–H groups in total. The minimum Gasteiger partial charge on any atom is -0.455 e. The van der Waals surface area contributed by atoms with E-state index >= 15 is 0 Å². The molecule has 312 valence electrons. The number of carbonyl (C=O) groups is 1. The van der Waals surface area contributed by atoms with E-state index in [1.807, 2.05) is 61.7 Å². The fraction of sp³-hybridized carbons (Fsp3) is 0.362. The number of aliphatic hydroxyl groups is 1. The highest BCUT2D eigenvalue weighted by molar-refractivity contribution is 7.91. The van der Waals surface area contributed by atoms with Gasteiger partial charge < -0.3 is 14.8 Å². The zero-order valence-corrected chi connectivity index (χ0v) is 35.6. The summed E-state index contributed by atoms with van der Waals surface area (Å²) in [5.41, 5.74) is 9.24. The summed E-state index contributed by atoms with van der Waals surface area (Å²) in [5.74, 6) is 0.404. The van der Waals surface area contributed by atoms with Crippen LogP contribution in [0, 0.1) is 24.2 Å². The van der Waals surface area contributed by atoms with Crippen molar-refractivity contribution < 1.29 is 22.7 Å². The first-order valence-electron chi connectivity index (χ1n) is 21.0. The Morgan fingerprint density at radius 1 is 1.02 bits per heavy atom. The highest BCUT2D eigenvalue weighted by atomic mass is 35.5. The number of fused-ring (bicyclic) bond motifs is 3. The molecule has 14 heteroatoms. The van der Waals surface area contributed by atoms with Gasteiger partial charge in [0.2, 0.25) is 15.9 Å². The third kappa shape index (κ3) is 7.14. The Morgan fingerprint density at radius 3 is 2.61 bits per heavy atom. The van der Waals surface area contributed by atoms with Crippen LogP contribution in [0.3, 0.4) is 0 Å². The van der Waals surface area contributed by atoms with Crippen LogP contribution in [0.5, 0.6) is 0 Å². The number of rotatable bonds is 10. The second-order valence-corrected chi connectivity index (χ2v) is 20.0. The maximum Gasteiger partial charge on any atom is 0.240 e. The van der Waals surface area contributed by atoms with Crippen molar-refractivity contribution in [3.05, 3.63) is 106 Å². The first-order chi connectivity index (χ1) is 29.4. The van der Waals surface area contributed by atoms with Crippen LogP contribution in [0.15, 0.2) is 77.5 Å². The number of hydrogen-bond acceptors (Lipinski definition) is 11. The van der Waals surface area contributed by atoms with E-state index in [0.29, 0.717) is 78.8 Å². The van der Waals surface area contributed by atoms with Gasteiger partial charge in [-0.1, -0.05) is 41.9 Å². The smallest absolute Gasteiger partial charge is 0.240 e. The molecule has 10 rings (SSSR count). The number of nitriles is 1. The van der Waals surface area contributed by atoms with Crippen LogP contribution in [0.4, 0.5) is 11.5 Å². The number of pyridine rings is 2. The molecule has 6 aromatic rings. The highest BCUT2D eigenvalue weighted by Crippen LogP contribution is 2.46. The molecular weight excluding hydrogens is 810 g/mol. The summed E-state index contributed by atoms with van der Waals surface area (Å²) < 4.78 is 33.6. The van der Waals surface area contributed by atoms with Crippen molar-refractivity contribution >= 4 is 60.9 Å². The monoisotopic (exact) mass is 855 g/mol. The molecule has 61 heavy (non-hydrogen) atoms. The number of halogens is 1. The van der Waals surface area contributed by atoms with Gasteiger partial charge in [0.15, 0.2) is 11.4 Å². The largest absolute Gasteiger partial charge is 0.455 e. The number of likely N-dealkylation sites (tertiary alicyclic amines) is 2. The van der Waals surface area contributed by atoms with Crippen molar-refractivity contribution in [3.8, 4) is 28.5 Å². The van der Waals surface area contributed by atoms with Gasteiger partial charge in [-0.15, -0.1) is 0 Å². The molecule has 3 aromatic carbocycles. The number of sulfonamides is 1. The summed E-state index contributed by atoms with van der Waals surface area (Å²) in [6.07, 6.45) is 7.39. The van der Waals surface area contributed by atoms with Gasteiger partial charge in [0, 0.05) is 66.5 Å². The number of carbonyl (C=O) groups excluding carboxylic acids is 1. The average Bonchev–Trinajstić information content (AvgIpc) is 3.70. The van der Waals surface area contributed by atoms with Crippen molar-refractivity contribution in [1.82, 2.24) is 24.5 Å². The van der Waals surface area contributed by atoms with Gasteiger partial charge in [-0.2, -0.15) is 5.26 Å². The second-order valence-electron chi connectivity index (χ2n) is 17.4. The molecule has 0 spiro atoms. The normalized spacial score (nSPS) is 21.2. The van der Waals surface area contributed by atoms with E-state index in [4.69, 9.17) is 21.0 Å². The number of β-amino-alcohol motifs (C(OH)–C–C–N with tert-alkyl or cyclic N) is 1. The standard InChI is InChI=1S/C47H46ClN7O5S/c1-27-33(36-7-4-8-39(42(36)48)52-45-43-29(11-16-50-45)19-28(23-51-43)24-54-17-13-32(56)26-54)5-3-6-34(27)41-21-31-20-37-35(38(22-49)44(31)60-41)9-10-40(37)55-18-12-30(25-55)46(57)53-61(58,59)47(2)14-15-47/h3-8,11,16,19-21,23,30,32,40,56H,9-10,12-15,17-18,24-26H2,1-2H3,(H,50,52)(H,53,57)/t30-,32-,40-/m1/s1. The van der Waals surface area contributed by atoms with E-state index in [0.717, 1.165) is 81.2 Å². The number of hydrogen-bond donors (Lipinski definition) is 3. The first kappa shape index (κ1) is 39.8. The van der Waals surface area contributed by atoms with Crippen LogP contribution in [-0.4, -0.2) is 76.2 Å². The Balaban J connectivity index is 0.904. The second kappa shape index (κ2) is 15.2.